The second-order valence-corrected chi connectivity index (χ2v) is 4.70. The Morgan fingerprint density at radius 1 is 1.50 bits per heavy atom. The number of rotatable bonds is 0. The SMILES string of the molecule is CC12C3CC14OC4CC2C(=O)O3. The summed E-state index contributed by atoms with van der Waals surface area (Å²) in [5.41, 5.74) is 0.128. The van der Waals surface area contributed by atoms with Crippen LogP contribution in [0.4, 0.5) is 0 Å². The lowest BCUT2D eigenvalue weighted by Crippen LogP contribution is -2.56. The summed E-state index contributed by atoms with van der Waals surface area (Å²) in [6.45, 7) is 2.16. The summed E-state index contributed by atoms with van der Waals surface area (Å²) in [7, 11) is 0. The van der Waals surface area contributed by atoms with Crippen molar-refractivity contribution in [2.24, 2.45) is 11.3 Å². The highest BCUT2D eigenvalue weighted by molar-refractivity contribution is 5.79. The molecule has 0 aromatic carbocycles. The first-order valence-corrected chi connectivity index (χ1v) is 4.57. The van der Waals surface area contributed by atoms with Crippen LogP contribution in [0.3, 0.4) is 0 Å². The number of carbonyl (C=O) groups is 1. The molecule has 0 bridgehead atoms. The fraction of sp³-hybridized carbons (Fsp3) is 0.889. The third kappa shape index (κ3) is 0.311. The summed E-state index contributed by atoms with van der Waals surface area (Å²) >= 11 is 0. The van der Waals surface area contributed by atoms with Crippen LogP contribution in [-0.2, 0) is 14.3 Å². The summed E-state index contributed by atoms with van der Waals surface area (Å²) in [6.07, 6.45) is 2.42. The maximum atomic E-state index is 11.4. The number of epoxide rings is 1. The molecule has 0 N–H and O–H groups in total. The van der Waals surface area contributed by atoms with Crippen molar-refractivity contribution in [1.29, 1.82) is 0 Å². The van der Waals surface area contributed by atoms with Crippen molar-refractivity contribution in [3.8, 4) is 0 Å². The molecule has 0 radical (unpaired) electrons. The van der Waals surface area contributed by atoms with Crippen molar-refractivity contribution in [2.75, 3.05) is 0 Å². The predicted octanol–water partition coefficient (Wildman–Crippen LogP) is 0.479. The van der Waals surface area contributed by atoms with E-state index in [0.29, 0.717) is 6.10 Å². The molecule has 0 amide bonds. The van der Waals surface area contributed by atoms with Gasteiger partial charge in [-0.05, 0) is 6.42 Å². The van der Waals surface area contributed by atoms with E-state index in [1.165, 1.54) is 0 Å². The number of hydrogen-bond acceptors (Lipinski definition) is 3. The molecule has 1 spiro atoms. The van der Waals surface area contributed by atoms with Gasteiger partial charge in [0.25, 0.3) is 0 Å². The van der Waals surface area contributed by atoms with Gasteiger partial charge in [-0.2, -0.15) is 0 Å². The molecule has 0 aromatic rings. The third-order valence-electron chi connectivity index (χ3n) is 4.60. The van der Waals surface area contributed by atoms with Crippen molar-refractivity contribution in [2.45, 2.75) is 37.6 Å². The van der Waals surface area contributed by atoms with Gasteiger partial charge in [-0.25, -0.2) is 0 Å². The van der Waals surface area contributed by atoms with Crippen molar-refractivity contribution >= 4 is 5.97 Å². The molecule has 4 aliphatic rings. The summed E-state index contributed by atoms with van der Waals surface area (Å²) < 4.78 is 10.9. The highest BCUT2D eigenvalue weighted by Crippen LogP contribution is 2.77. The highest BCUT2D eigenvalue weighted by Gasteiger charge is 2.88. The van der Waals surface area contributed by atoms with Crippen molar-refractivity contribution < 1.29 is 14.3 Å². The Morgan fingerprint density at radius 3 is 3.08 bits per heavy atom. The van der Waals surface area contributed by atoms with Gasteiger partial charge < -0.3 is 9.47 Å². The van der Waals surface area contributed by atoms with Crippen LogP contribution < -0.4 is 0 Å². The second kappa shape index (κ2) is 1.23. The van der Waals surface area contributed by atoms with E-state index in [9.17, 15) is 4.79 Å². The minimum absolute atomic E-state index is 0.0233. The standard InChI is InChI=1S/C9H10O3/c1-8-4-2-5-9(8,12-5)3-6(8)11-7(4)10/h4-6H,2-3H2,1H3. The van der Waals surface area contributed by atoms with Gasteiger partial charge in [0.2, 0.25) is 0 Å². The van der Waals surface area contributed by atoms with Gasteiger partial charge in [0, 0.05) is 11.8 Å². The molecule has 64 valence electrons. The van der Waals surface area contributed by atoms with Gasteiger partial charge in [-0.3, -0.25) is 4.79 Å². The van der Waals surface area contributed by atoms with Crippen molar-refractivity contribution in [3.63, 3.8) is 0 Å². The van der Waals surface area contributed by atoms with Crippen molar-refractivity contribution in [3.05, 3.63) is 0 Å². The van der Waals surface area contributed by atoms with Gasteiger partial charge >= 0.3 is 5.97 Å². The topological polar surface area (TPSA) is 38.8 Å². The van der Waals surface area contributed by atoms with Crippen LogP contribution in [0.2, 0.25) is 0 Å². The lowest BCUT2D eigenvalue weighted by atomic mass is 9.57. The van der Waals surface area contributed by atoms with E-state index in [1.54, 1.807) is 0 Å². The molecule has 12 heavy (non-hydrogen) atoms. The molecule has 2 aliphatic carbocycles. The zero-order valence-electron chi connectivity index (χ0n) is 6.87. The predicted molar refractivity (Wildman–Crippen MR) is 38.3 cm³/mol. The number of esters is 1. The molecule has 4 fully saturated rings. The largest absolute Gasteiger partial charge is 0.461 e. The first-order valence-electron chi connectivity index (χ1n) is 4.57. The molecular weight excluding hydrogens is 156 g/mol. The van der Waals surface area contributed by atoms with E-state index in [4.69, 9.17) is 9.47 Å². The van der Waals surface area contributed by atoms with Crippen LogP contribution in [0.1, 0.15) is 19.8 Å². The normalized spacial score (nSPS) is 69.8. The Morgan fingerprint density at radius 2 is 2.33 bits per heavy atom. The maximum Gasteiger partial charge on any atom is 0.310 e. The highest BCUT2D eigenvalue weighted by atomic mass is 16.6. The van der Waals surface area contributed by atoms with E-state index in [2.05, 4.69) is 6.92 Å². The van der Waals surface area contributed by atoms with Crippen molar-refractivity contribution in [1.82, 2.24) is 0 Å². The molecule has 2 saturated carbocycles. The second-order valence-electron chi connectivity index (χ2n) is 4.70. The fourth-order valence-electron chi connectivity index (χ4n) is 3.67. The third-order valence-corrected chi connectivity index (χ3v) is 4.60. The molecule has 2 heterocycles. The number of ether oxygens (including phenoxy) is 2. The van der Waals surface area contributed by atoms with E-state index < -0.39 is 0 Å². The molecule has 5 unspecified atom stereocenters. The molecule has 2 aliphatic heterocycles. The fourth-order valence-corrected chi connectivity index (χ4v) is 3.67. The van der Waals surface area contributed by atoms with E-state index in [-0.39, 0.29) is 29.0 Å². The summed E-state index contributed by atoms with van der Waals surface area (Å²) in [4.78, 5) is 11.4. The Hall–Kier alpha value is -0.570. The molecule has 5 atom stereocenters. The monoisotopic (exact) mass is 166 g/mol. The summed E-state index contributed by atoms with van der Waals surface area (Å²) in [5.74, 6) is 0.171. The summed E-state index contributed by atoms with van der Waals surface area (Å²) in [6, 6.07) is 0. The zero-order chi connectivity index (χ0) is 8.14. The zero-order valence-corrected chi connectivity index (χ0v) is 6.87. The van der Waals surface area contributed by atoms with Crippen LogP contribution in [0.25, 0.3) is 0 Å². The van der Waals surface area contributed by atoms with E-state index in [1.807, 2.05) is 0 Å². The number of carbonyl (C=O) groups excluding carboxylic acids is 1. The first kappa shape index (κ1) is 5.97. The molecule has 4 rings (SSSR count). The Kier molecular flexibility index (Phi) is 0.613. The molecule has 2 saturated heterocycles. The first-order chi connectivity index (χ1) is 5.68. The molecule has 0 aromatic heterocycles. The smallest absolute Gasteiger partial charge is 0.310 e. The molecule has 3 heteroatoms. The lowest BCUT2D eigenvalue weighted by molar-refractivity contribution is -0.148. The minimum atomic E-state index is 0.0233. The summed E-state index contributed by atoms with van der Waals surface area (Å²) in [5, 5.41) is 0. The molecular formula is C9H10O3. The van der Waals surface area contributed by atoms with Crippen LogP contribution in [0, 0.1) is 11.3 Å². The van der Waals surface area contributed by atoms with Crippen LogP contribution in [0.5, 0.6) is 0 Å². The van der Waals surface area contributed by atoms with E-state index >= 15 is 0 Å². The Balaban J connectivity index is 1.93. The lowest BCUT2D eigenvalue weighted by Gasteiger charge is -2.45. The van der Waals surface area contributed by atoms with Crippen LogP contribution >= 0.6 is 0 Å². The van der Waals surface area contributed by atoms with Gasteiger partial charge in [-0.1, -0.05) is 6.92 Å². The van der Waals surface area contributed by atoms with E-state index in [0.717, 1.165) is 12.8 Å². The van der Waals surface area contributed by atoms with Gasteiger partial charge in [0.15, 0.2) is 0 Å². The molecule has 3 nitrogen and oxygen atoms in total. The maximum absolute atomic E-state index is 11.4. The Bertz CT molecular complexity index is 313. The van der Waals surface area contributed by atoms with Gasteiger partial charge in [0.05, 0.1) is 12.0 Å². The Labute approximate surface area is 70.0 Å². The van der Waals surface area contributed by atoms with Gasteiger partial charge in [-0.15, -0.1) is 0 Å². The van der Waals surface area contributed by atoms with Gasteiger partial charge in [0.1, 0.15) is 11.7 Å². The quantitative estimate of drug-likeness (QED) is 0.388. The number of hydrogen-bond donors (Lipinski definition) is 0. The minimum Gasteiger partial charge on any atom is -0.461 e. The average Bonchev–Trinajstić information content (AvgIpc) is 2.63. The van der Waals surface area contributed by atoms with Crippen LogP contribution in [-0.4, -0.2) is 23.8 Å². The van der Waals surface area contributed by atoms with Crippen LogP contribution in [0.15, 0.2) is 0 Å². The average molecular weight is 166 g/mol.